The van der Waals surface area contributed by atoms with Crippen LogP contribution in [-0.2, 0) is 16.1 Å². The van der Waals surface area contributed by atoms with E-state index in [1.807, 2.05) is 37.4 Å². The molecule has 0 radical (unpaired) electrons. The lowest BCUT2D eigenvalue weighted by molar-refractivity contribution is -0.131. The molecule has 1 unspecified atom stereocenters. The number of likely N-dealkylation sites (N-methyl/N-ethyl adjacent to an activating group) is 1. The van der Waals surface area contributed by atoms with Crippen molar-refractivity contribution in [3.05, 3.63) is 35.9 Å². The van der Waals surface area contributed by atoms with E-state index in [1.165, 1.54) is 6.42 Å². The van der Waals surface area contributed by atoms with Crippen molar-refractivity contribution in [2.75, 3.05) is 26.7 Å². The Morgan fingerprint density at radius 2 is 2.14 bits per heavy atom. The zero-order valence-electron chi connectivity index (χ0n) is 12.6. The molecule has 0 bridgehead atoms. The zero-order chi connectivity index (χ0) is 14.2. The summed E-state index contributed by atoms with van der Waals surface area (Å²) in [6, 6.07) is 10.5. The Bertz CT molecular complexity index is 408. The fraction of sp³-hybridized carbons (Fsp3) is 0.562. The first-order valence-corrected chi connectivity index (χ1v) is 7.35. The highest BCUT2D eigenvalue weighted by molar-refractivity contribution is 5.85. The van der Waals surface area contributed by atoms with Gasteiger partial charge in [0.25, 0.3) is 0 Å². The molecule has 4 nitrogen and oxygen atoms in total. The van der Waals surface area contributed by atoms with Crippen LogP contribution in [0.15, 0.2) is 30.3 Å². The van der Waals surface area contributed by atoms with Crippen LogP contribution in [0.5, 0.6) is 0 Å². The van der Waals surface area contributed by atoms with Gasteiger partial charge in [-0.05, 0) is 24.9 Å². The minimum Gasteiger partial charge on any atom is -0.375 e. The van der Waals surface area contributed by atoms with Crippen molar-refractivity contribution in [3.8, 4) is 0 Å². The maximum absolute atomic E-state index is 12.0. The van der Waals surface area contributed by atoms with Crippen LogP contribution in [0.25, 0.3) is 0 Å². The van der Waals surface area contributed by atoms with Gasteiger partial charge in [-0.25, -0.2) is 0 Å². The molecule has 0 saturated carbocycles. The Kier molecular flexibility index (Phi) is 8.35. The van der Waals surface area contributed by atoms with E-state index in [9.17, 15) is 4.79 Å². The smallest absolute Gasteiger partial charge is 0.223 e. The second kappa shape index (κ2) is 9.77. The molecule has 1 aromatic rings. The van der Waals surface area contributed by atoms with Gasteiger partial charge < -0.3 is 15.0 Å². The second-order valence-corrected chi connectivity index (χ2v) is 5.35. The molecule has 1 aromatic carbocycles. The van der Waals surface area contributed by atoms with Gasteiger partial charge in [-0.15, -0.1) is 12.4 Å². The number of ether oxygens (including phenoxy) is 1. The van der Waals surface area contributed by atoms with Gasteiger partial charge in [0.1, 0.15) is 0 Å². The standard InChI is InChI=1S/C16H24N2O2.ClH/c1-18(16(19)12-15-8-5-9-17-15)10-11-20-13-14-6-3-2-4-7-14;/h2-4,6-7,15,17H,5,8-13H2,1H3;1H. The summed E-state index contributed by atoms with van der Waals surface area (Å²) in [5, 5.41) is 3.35. The van der Waals surface area contributed by atoms with Gasteiger partial charge in [-0.2, -0.15) is 0 Å². The molecule has 2 rings (SSSR count). The van der Waals surface area contributed by atoms with E-state index < -0.39 is 0 Å². The average molecular weight is 313 g/mol. The van der Waals surface area contributed by atoms with Gasteiger partial charge >= 0.3 is 0 Å². The van der Waals surface area contributed by atoms with Gasteiger partial charge in [0, 0.05) is 26.1 Å². The number of benzene rings is 1. The monoisotopic (exact) mass is 312 g/mol. The van der Waals surface area contributed by atoms with E-state index in [2.05, 4.69) is 5.32 Å². The van der Waals surface area contributed by atoms with Gasteiger partial charge in [0.05, 0.1) is 13.2 Å². The predicted octanol–water partition coefficient (Wildman–Crippen LogP) is 2.23. The third kappa shape index (κ3) is 6.46. The largest absolute Gasteiger partial charge is 0.375 e. The number of hydrogen-bond acceptors (Lipinski definition) is 3. The molecule has 21 heavy (non-hydrogen) atoms. The maximum Gasteiger partial charge on any atom is 0.223 e. The quantitative estimate of drug-likeness (QED) is 0.785. The lowest BCUT2D eigenvalue weighted by Crippen LogP contribution is -2.35. The molecule has 1 amide bonds. The fourth-order valence-corrected chi connectivity index (χ4v) is 2.39. The molecule has 0 aliphatic carbocycles. The molecule has 0 aromatic heterocycles. The van der Waals surface area contributed by atoms with Crippen LogP contribution >= 0.6 is 12.4 Å². The van der Waals surface area contributed by atoms with E-state index >= 15 is 0 Å². The Morgan fingerprint density at radius 3 is 2.81 bits per heavy atom. The van der Waals surface area contributed by atoms with Crippen LogP contribution in [0, 0.1) is 0 Å². The Hall–Kier alpha value is -1.10. The van der Waals surface area contributed by atoms with Crippen molar-refractivity contribution in [1.29, 1.82) is 0 Å². The number of amides is 1. The fourth-order valence-electron chi connectivity index (χ4n) is 2.39. The summed E-state index contributed by atoms with van der Waals surface area (Å²) in [5.74, 6) is 0.202. The molecule has 1 heterocycles. The van der Waals surface area contributed by atoms with Crippen LogP contribution in [0.1, 0.15) is 24.8 Å². The van der Waals surface area contributed by atoms with E-state index in [0.717, 1.165) is 18.5 Å². The molecule has 1 fully saturated rings. The summed E-state index contributed by atoms with van der Waals surface area (Å²) >= 11 is 0. The van der Waals surface area contributed by atoms with Gasteiger partial charge in [-0.1, -0.05) is 30.3 Å². The molecule has 0 spiro atoms. The molecular weight excluding hydrogens is 288 g/mol. The van der Waals surface area contributed by atoms with E-state index in [0.29, 0.717) is 32.2 Å². The van der Waals surface area contributed by atoms with Crippen LogP contribution in [0.4, 0.5) is 0 Å². The van der Waals surface area contributed by atoms with E-state index in [4.69, 9.17) is 4.74 Å². The number of nitrogens with one attached hydrogen (secondary N) is 1. The molecule has 1 saturated heterocycles. The summed E-state index contributed by atoms with van der Waals surface area (Å²) < 4.78 is 5.60. The van der Waals surface area contributed by atoms with Crippen molar-refractivity contribution in [2.45, 2.75) is 31.9 Å². The number of nitrogens with zero attached hydrogens (tertiary/aromatic N) is 1. The zero-order valence-corrected chi connectivity index (χ0v) is 13.4. The highest BCUT2D eigenvalue weighted by Gasteiger charge is 2.19. The average Bonchev–Trinajstić information content (AvgIpc) is 2.97. The number of hydrogen-bond donors (Lipinski definition) is 1. The van der Waals surface area contributed by atoms with Gasteiger partial charge in [-0.3, -0.25) is 4.79 Å². The van der Waals surface area contributed by atoms with Crippen LogP contribution in [-0.4, -0.2) is 43.6 Å². The first-order valence-electron chi connectivity index (χ1n) is 7.35. The maximum atomic E-state index is 12.0. The highest BCUT2D eigenvalue weighted by atomic mass is 35.5. The summed E-state index contributed by atoms with van der Waals surface area (Å²) in [7, 11) is 1.85. The van der Waals surface area contributed by atoms with Crippen molar-refractivity contribution < 1.29 is 9.53 Å². The van der Waals surface area contributed by atoms with Crippen LogP contribution in [0.2, 0.25) is 0 Å². The molecular formula is C16H25ClN2O2. The Balaban J connectivity index is 0.00000220. The minimum atomic E-state index is 0. The molecule has 5 heteroatoms. The number of rotatable bonds is 7. The Morgan fingerprint density at radius 1 is 1.38 bits per heavy atom. The number of carbonyl (C=O) groups excluding carboxylic acids is 1. The summed E-state index contributed by atoms with van der Waals surface area (Å²) in [6.07, 6.45) is 2.90. The molecule has 1 aliphatic rings. The van der Waals surface area contributed by atoms with Gasteiger partial charge in [0.2, 0.25) is 5.91 Å². The highest BCUT2D eigenvalue weighted by Crippen LogP contribution is 2.10. The molecule has 118 valence electrons. The number of halogens is 1. The summed E-state index contributed by atoms with van der Waals surface area (Å²) in [5.41, 5.74) is 1.16. The normalized spacial score (nSPS) is 17.3. The van der Waals surface area contributed by atoms with Crippen molar-refractivity contribution >= 4 is 18.3 Å². The van der Waals surface area contributed by atoms with Crippen LogP contribution in [0.3, 0.4) is 0 Å². The topological polar surface area (TPSA) is 41.6 Å². The predicted molar refractivity (Wildman–Crippen MR) is 86.6 cm³/mol. The summed E-state index contributed by atoms with van der Waals surface area (Å²) in [6.45, 7) is 2.88. The van der Waals surface area contributed by atoms with Crippen molar-refractivity contribution in [1.82, 2.24) is 10.2 Å². The van der Waals surface area contributed by atoms with E-state index in [1.54, 1.807) is 4.90 Å². The van der Waals surface area contributed by atoms with Crippen molar-refractivity contribution in [2.24, 2.45) is 0 Å². The third-order valence-corrected chi connectivity index (χ3v) is 3.69. The second-order valence-electron chi connectivity index (χ2n) is 5.35. The Labute approximate surface area is 133 Å². The molecule has 1 N–H and O–H groups in total. The first kappa shape index (κ1) is 18.0. The number of carbonyl (C=O) groups is 1. The lowest BCUT2D eigenvalue weighted by Gasteiger charge is -2.19. The molecule has 1 atom stereocenters. The first-order chi connectivity index (χ1) is 9.75. The third-order valence-electron chi connectivity index (χ3n) is 3.69. The molecule has 1 aliphatic heterocycles. The lowest BCUT2D eigenvalue weighted by atomic mass is 10.1. The minimum absolute atomic E-state index is 0. The van der Waals surface area contributed by atoms with Crippen molar-refractivity contribution in [3.63, 3.8) is 0 Å². The van der Waals surface area contributed by atoms with Crippen LogP contribution < -0.4 is 5.32 Å². The van der Waals surface area contributed by atoms with E-state index in [-0.39, 0.29) is 18.3 Å². The van der Waals surface area contributed by atoms with Gasteiger partial charge in [0.15, 0.2) is 0 Å². The summed E-state index contributed by atoms with van der Waals surface area (Å²) in [4.78, 5) is 13.8. The SMILES string of the molecule is CN(CCOCc1ccccc1)C(=O)CC1CCCN1.Cl.